The van der Waals surface area contributed by atoms with Crippen molar-refractivity contribution in [2.75, 3.05) is 51.1 Å². The molecule has 1 aromatic carbocycles. The molecule has 1 heterocycles. The first-order chi connectivity index (χ1) is 11.0. The molecule has 7 nitrogen and oxygen atoms in total. The number of aliphatic hydroxyl groups excluding tert-OH is 1. The van der Waals surface area contributed by atoms with Crippen molar-refractivity contribution in [3.63, 3.8) is 0 Å². The van der Waals surface area contributed by atoms with Crippen LogP contribution in [0.15, 0.2) is 35.5 Å². The summed E-state index contributed by atoms with van der Waals surface area (Å²) in [6, 6.07) is 7.50. The molecule has 1 aliphatic rings. The highest BCUT2D eigenvalue weighted by atomic mass is 16.5. The van der Waals surface area contributed by atoms with E-state index in [0.29, 0.717) is 5.69 Å². The van der Waals surface area contributed by atoms with E-state index >= 15 is 0 Å². The smallest absolute Gasteiger partial charge is 0.337 e. The molecule has 0 bridgehead atoms. The Kier molecular flexibility index (Phi) is 5.23. The minimum atomic E-state index is -0.551. The SMILES string of the molecule is COC(=O)C1=C(Nc2cccc(N(C)C)c2)C(=O)N(CCO)C1. The summed E-state index contributed by atoms with van der Waals surface area (Å²) in [6.45, 7) is 0.133. The van der Waals surface area contributed by atoms with Gasteiger partial charge in [-0.05, 0) is 18.2 Å². The second kappa shape index (κ2) is 7.15. The first-order valence-corrected chi connectivity index (χ1v) is 7.24. The third-order valence-electron chi connectivity index (χ3n) is 3.59. The lowest BCUT2D eigenvalue weighted by molar-refractivity contribution is -0.136. The van der Waals surface area contributed by atoms with E-state index < -0.39 is 5.97 Å². The lowest BCUT2D eigenvalue weighted by Gasteiger charge is -2.16. The van der Waals surface area contributed by atoms with Crippen LogP contribution in [0.4, 0.5) is 11.4 Å². The van der Waals surface area contributed by atoms with Gasteiger partial charge >= 0.3 is 5.97 Å². The molecule has 1 aliphatic heterocycles. The van der Waals surface area contributed by atoms with Crippen LogP contribution in [0.3, 0.4) is 0 Å². The number of ether oxygens (including phenoxy) is 1. The molecule has 0 aromatic heterocycles. The normalized spacial score (nSPS) is 14.3. The van der Waals surface area contributed by atoms with Crippen LogP contribution in [0.1, 0.15) is 0 Å². The summed E-state index contributed by atoms with van der Waals surface area (Å²) >= 11 is 0. The molecule has 0 aliphatic carbocycles. The zero-order chi connectivity index (χ0) is 17.0. The molecule has 7 heteroatoms. The fourth-order valence-corrected chi connectivity index (χ4v) is 2.36. The summed E-state index contributed by atoms with van der Waals surface area (Å²) in [7, 11) is 5.11. The van der Waals surface area contributed by atoms with Crippen LogP contribution >= 0.6 is 0 Å². The van der Waals surface area contributed by atoms with Crippen molar-refractivity contribution in [1.29, 1.82) is 0 Å². The minimum Gasteiger partial charge on any atom is -0.466 e. The summed E-state index contributed by atoms with van der Waals surface area (Å²) in [5, 5.41) is 12.1. The molecule has 0 saturated carbocycles. The fraction of sp³-hybridized carbons (Fsp3) is 0.375. The van der Waals surface area contributed by atoms with Gasteiger partial charge < -0.3 is 25.0 Å². The number of benzene rings is 1. The van der Waals surface area contributed by atoms with Gasteiger partial charge in [0.15, 0.2) is 0 Å². The number of aliphatic hydroxyl groups is 1. The molecule has 23 heavy (non-hydrogen) atoms. The van der Waals surface area contributed by atoms with E-state index in [2.05, 4.69) is 5.32 Å². The van der Waals surface area contributed by atoms with E-state index in [1.165, 1.54) is 12.0 Å². The third-order valence-corrected chi connectivity index (χ3v) is 3.59. The second-order valence-electron chi connectivity index (χ2n) is 5.37. The Morgan fingerprint density at radius 1 is 1.43 bits per heavy atom. The van der Waals surface area contributed by atoms with E-state index in [1.54, 1.807) is 0 Å². The van der Waals surface area contributed by atoms with Gasteiger partial charge in [-0.15, -0.1) is 0 Å². The van der Waals surface area contributed by atoms with Crippen molar-refractivity contribution >= 4 is 23.3 Å². The number of nitrogens with zero attached hydrogens (tertiary/aromatic N) is 2. The van der Waals surface area contributed by atoms with Gasteiger partial charge in [0.25, 0.3) is 5.91 Å². The highest BCUT2D eigenvalue weighted by Crippen LogP contribution is 2.24. The van der Waals surface area contributed by atoms with Gasteiger partial charge in [0.1, 0.15) is 5.70 Å². The Morgan fingerprint density at radius 2 is 2.17 bits per heavy atom. The zero-order valence-corrected chi connectivity index (χ0v) is 13.5. The number of hydrogen-bond donors (Lipinski definition) is 2. The minimum absolute atomic E-state index is 0.127. The van der Waals surface area contributed by atoms with Crippen molar-refractivity contribution in [3.8, 4) is 0 Å². The van der Waals surface area contributed by atoms with Crippen LogP contribution in [0.5, 0.6) is 0 Å². The summed E-state index contributed by atoms with van der Waals surface area (Å²) in [6.07, 6.45) is 0. The highest BCUT2D eigenvalue weighted by molar-refractivity contribution is 6.08. The van der Waals surface area contributed by atoms with Gasteiger partial charge in [0.05, 0.1) is 25.8 Å². The average molecular weight is 319 g/mol. The molecule has 1 aromatic rings. The molecule has 0 radical (unpaired) electrons. The Labute approximate surface area is 135 Å². The van der Waals surface area contributed by atoms with E-state index in [1.807, 2.05) is 43.3 Å². The Balaban J connectivity index is 2.31. The van der Waals surface area contributed by atoms with Gasteiger partial charge in [0.2, 0.25) is 0 Å². The molecule has 0 atom stereocenters. The van der Waals surface area contributed by atoms with Crippen LogP contribution in [0, 0.1) is 0 Å². The van der Waals surface area contributed by atoms with Gasteiger partial charge in [-0.1, -0.05) is 6.07 Å². The number of methoxy groups -OCH3 is 1. The summed E-state index contributed by atoms with van der Waals surface area (Å²) < 4.78 is 4.75. The van der Waals surface area contributed by atoms with Gasteiger partial charge in [-0.3, -0.25) is 4.79 Å². The van der Waals surface area contributed by atoms with Crippen LogP contribution in [-0.4, -0.2) is 62.8 Å². The topological polar surface area (TPSA) is 82.1 Å². The van der Waals surface area contributed by atoms with Gasteiger partial charge in [-0.25, -0.2) is 4.79 Å². The number of hydrogen-bond acceptors (Lipinski definition) is 6. The number of nitrogens with one attached hydrogen (secondary N) is 1. The van der Waals surface area contributed by atoms with Crippen molar-refractivity contribution in [3.05, 3.63) is 35.5 Å². The molecular weight excluding hydrogens is 298 g/mol. The summed E-state index contributed by atoms with van der Waals surface area (Å²) in [5.41, 5.74) is 2.13. The van der Waals surface area contributed by atoms with Crippen molar-refractivity contribution in [2.45, 2.75) is 0 Å². The number of rotatable bonds is 6. The third kappa shape index (κ3) is 3.62. The number of carbonyl (C=O) groups is 2. The molecular formula is C16H21N3O4. The largest absolute Gasteiger partial charge is 0.466 e. The maximum atomic E-state index is 12.4. The Morgan fingerprint density at radius 3 is 2.78 bits per heavy atom. The monoisotopic (exact) mass is 319 g/mol. The van der Waals surface area contributed by atoms with Crippen LogP contribution < -0.4 is 10.2 Å². The van der Waals surface area contributed by atoms with Crippen LogP contribution in [0.25, 0.3) is 0 Å². The first kappa shape index (κ1) is 16.8. The summed E-state index contributed by atoms with van der Waals surface area (Å²) in [4.78, 5) is 27.7. The molecule has 2 N–H and O–H groups in total. The Hall–Kier alpha value is -2.54. The van der Waals surface area contributed by atoms with Crippen molar-refractivity contribution in [1.82, 2.24) is 4.90 Å². The molecule has 2 rings (SSSR count). The van der Waals surface area contributed by atoms with Crippen molar-refractivity contribution in [2.24, 2.45) is 0 Å². The lowest BCUT2D eigenvalue weighted by atomic mass is 10.2. The highest BCUT2D eigenvalue weighted by Gasteiger charge is 2.34. The van der Waals surface area contributed by atoms with Crippen LogP contribution in [-0.2, 0) is 14.3 Å². The predicted octanol–water partition coefficient (Wildman–Crippen LogP) is 0.426. The quantitative estimate of drug-likeness (QED) is 0.740. The lowest BCUT2D eigenvalue weighted by Crippen LogP contribution is -2.31. The van der Waals surface area contributed by atoms with Gasteiger partial charge in [0, 0.05) is 32.0 Å². The molecule has 124 valence electrons. The number of carbonyl (C=O) groups excluding carboxylic acids is 2. The van der Waals surface area contributed by atoms with Crippen LogP contribution in [0.2, 0.25) is 0 Å². The molecule has 0 saturated heterocycles. The van der Waals surface area contributed by atoms with E-state index in [4.69, 9.17) is 9.84 Å². The Bertz CT molecular complexity index is 640. The van der Waals surface area contributed by atoms with E-state index in [0.717, 1.165) is 5.69 Å². The standard InChI is InChI=1S/C16H21N3O4/c1-18(2)12-6-4-5-11(9-12)17-14-13(16(22)23-3)10-19(7-8-20)15(14)21/h4-6,9,17,20H,7-8,10H2,1-3H3. The number of esters is 1. The van der Waals surface area contributed by atoms with E-state index in [-0.39, 0.29) is 36.9 Å². The number of amides is 1. The molecule has 0 spiro atoms. The maximum Gasteiger partial charge on any atom is 0.337 e. The number of anilines is 2. The first-order valence-electron chi connectivity index (χ1n) is 7.24. The predicted molar refractivity (Wildman–Crippen MR) is 87.1 cm³/mol. The maximum absolute atomic E-state index is 12.4. The average Bonchev–Trinajstić information content (AvgIpc) is 2.84. The summed E-state index contributed by atoms with van der Waals surface area (Å²) in [5.74, 6) is -0.875. The molecule has 0 fully saturated rings. The fourth-order valence-electron chi connectivity index (χ4n) is 2.36. The van der Waals surface area contributed by atoms with E-state index in [9.17, 15) is 9.59 Å². The van der Waals surface area contributed by atoms with Crippen molar-refractivity contribution < 1.29 is 19.4 Å². The molecule has 0 unspecified atom stereocenters. The number of β-amino-alcohol motifs (C(OH)–C–C–N with tert-alkyl or cyclic N) is 1. The zero-order valence-electron chi connectivity index (χ0n) is 13.5. The molecule has 1 amide bonds. The second-order valence-corrected chi connectivity index (χ2v) is 5.37. The van der Waals surface area contributed by atoms with Gasteiger partial charge in [-0.2, -0.15) is 0 Å².